The Hall–Kier alpha value is -3.16. The second-order valence-electron chi connectivity index (χ2n) is 12.0. The van der Waals surface area contributed by atoms with Crippen LogP contribution >= 0.6 is 23.1 Å². The summed E-state index contributed by atoms with van der Waals surface area (Å²) in [6.45, 7) is 11.7. The highest BCUT2D eigenvalue weighted by molar-refractivity contribution is 7.98. The second kappa shape index (κ2) is 19.4. The Morgan fingerprint density at radius 1 is 0.978 bits per heavy atom. The van der Waals surface area contributed by atoms with Crippen LogP contribution in [-0.2, 0) is 32.1 Å². The van der Waals surface area contributed by atoms with Gasteiger partial charge in [-0.25, -0.2) is 9.78 Å². The number of amides is 4. The Morgan fingerprint density at radius 2 is 1.67 bits per heavy atom. The third-order valence-corrected chi connectivity index (χ3v) is 8.61. The first kappa shape index (κ1) is 38.0. The average molecular weight is 664 g/mol. The van der Waals surface area contributed by atoms with Crippen LogP contribution in [-0.4, -0.2) is 76.7 Å². The van der Waals surface area contributed by atoms with Gasteiger partial charge in [-0.05, 0) is 43.4 Å². The maximum Gasteiger partial charge on any atom is 0.408 e. The van der Waals surface area contributed by atoms with Gasteiger partial charge in [0.2, 0.25) is 17.7 Å². The van der Waals surface area contributed by atoms with Gasteiger partial charge in [-0.15, -0.1) is 11.3 Å². The molecule has 0 aliphatic heterocycles. The largest absolute Gasteiger partial charge is 0.442 e. The number of rotatable bonds is 18. The fourth-order valence-electron chi connectivity index (χ4n) is 4.44. The summed E-state index contributed by atoms with van der Waals surface area (Å²) < 4.78 is 5.27. The molecule has 1 aromatic carbocycles. The highest BCUT2D eigenvalue weighted by Crippen LogP contribution is 2.16. The van der Waals surface area contributed by atoms with E-state index in [0.717, 1.165) is 11.3 Å². The van der Waals surface area contributed by atoms with Crippen molar-refractivity contribution in [1.29, 1.82) is 0 Å². The maximum atomic E-state index is 13.4. The number of ether oxygens (including phenoxy) is 1. The first-order valence-corrected chi connectivity index (χ1v) is 17.5. The Balaban J connectivity index is 2.10. The Kier molecular flexibility index (Phi) is 16.4. The first-order valence-electron chi connectivity index (χ1n) is 15.2. The average Bonchev–Trinajstić information content (AvgIpc) is 3.41. The van der Waals surface area contributed by atoms with Crippen LogP contribution in [0.15, 0.2) is 35.7 Å². The standard InChI is InChI=1S/C32H49N5O6S2/c1-19(2)15-33-31(41)28(20(3)4)37-29(39)21(5)13-26(38)24(14-23-11-9-8-10-12-23)35-30(40)25(18-44-7)36-32(42)43-16-27-34-22(6)17-45-27/h8-12,17,19-21,24-26,28,38H,13-16,18H2,1-7H3,(H,33,41)(H,35,40)(H,36,42)(H,37,39)/t21-,24-,25+,26+,28-/m1/s1. The molecule has 0 radical (unpaired) electrons. The van der Waals surface area contributed by atoms with E-state index >= 15 is 0 Å². The summed E-state index contributed by atoms with van der Waals surface area (Å²) in [5, 5.41) is 25.1. The molecule has 1 heterocycles. The lowest BCUT2D eigenvalue weighted by Gasteiger charge is -2.29. The van der Waals surface area contributed by atoms with Crippen LogP contribution in [0.3, 0.4) is 0 Å². The number of aryl methyl sites for hydroxylation is 1. The van der Waals surface area contributed by atoms with E-state index in [2.05, 4.69) is 26.3 Å². The molecule has 2 aromatic rings. The van der Waals surface area contributed by atoms with E-state index in [4.69, 9.17) is 4.74 Å². The summed E-state index contributed by atoms with van der Waals surface area (Å²) in [6.07, 6.45) is 0.304. The van der Waals surface area contributed by atoms with E-state index < -0.39 is 42.1 Å². The molecule has 0 spiro atoms. The fourth-order valence-corrected chi connectivity index (χ4v) is 5.69. The number of hydrogen-bond acceptors (Lipinski definition) is 9. The van der Waals surface area contributed by atoms with Crippen molar-refractivity contribution >= 4 is 46.9 Å². The number of aliphatic hydroxyl groups excluding tert-OH is 1. The number of alkyl carbamates (subject to hydrolysis) is 1. The van der Waals surface area contributed by atoms with Gasteiger partial charge < -0.3 is 31.1 Å². The molecule has 250 valence electrons. The van der Waals surface area contributed by atoms with Crippen molar-refractivity contribution < 1.29 is 29.0 Å². The number of thiazole rings is 1. The van der Waals surface area contributed by atoms with E-state index in [1.807, 2.05) is 76.6 Å². The van der Waals surface area contributed by atoms with Gasteiger partial charge in [0.25, 0.3) is 0 Å². The lowest BCUT2D eigenvalue weighted by molar-refractivity contribution is -0.132. The molecular weight excluding hydrogens is 615 g/mol. The molecule has 0 fully saturated rings. The zero-order chi connectivity index (χ0) is 33.5. The molecule has 45 heavy (non-hydrogen) atoms. The summed E-state index contributed by atoms with van der Waals surface area (Å²) in [5.74, 6) is -1.34. The van der Waals surface area contributed by atoms with Crippen LogP contribution in [0.2, 0.25) is 0 Å². The van der Waals surface area contributed by atoms with Crippen LogP contribution in [0.4, 0.5) is 4.79 Å². The lowest BCUT2D eigenvalue weighted by atomic mass is 9.92. The SMILES string of the molecule is CSC[C@H](NC(=O)OCc1nc(C)cs1)C(=O)N[C@H](Cc1ccccc1)[C@@H](O)C[C@@H](C)C(=O)N[C@@H](C(=O)NCC(C)C)C(C)C. The highest BCUT2D eigenvalue weighted by Gasteiger charge is 2.31. The topological polar surface area (TPSA) is 159 Å². The molecular formula is C32H49N5O6S2. The predicted octanol–water partition coefficient (Wildman–Crippen LogP) is 3.44. The molecule has 0 saturated heterocycles. The number of carbonyl (C=O) groups excluding carboxylic acids is 4. The van der Waals surface area contributed by atoms with Crippen molar-refractivity contribution in [3.63, 3.8) is 0 Å². The number of nitrogens with one attached hydrogen (secondary N) is 4. The van der Waals surface area contributed by atoms with Gasteiger partial charge in [0, 0.05) is 29.3 Å². The van der Waals surface area contributed by atoms with Gasteiger partial charge in [-0.1, -0.05) is 65.0 Å². The molecule has 1 aromatic heterocycles. The Labute approximate surface area is 275 Å². The molecule has 5 atom stereocenters. The zero-order valence-corrected chi connectivity index (χ0v) is 28.9. The van der Waals surface area contributed by atoms with Gasteiger partial charge >= 0.3 is 6.09 Å². The zero-order valence-electron chi connectivity index (χ0n) is 27.3. The number of benzene rings is 1. The van der Waals surface area contributed by atoms with Gasteiger partial charge in [0.05, 0.1) is 12.1 Å². The molecule has 11 nitrogen and oxygen atoms in total. The maximum absolute atomic E-state index is 13.4. The first-order chi connectivity index (χ1) is 21.3. The lowest BCUT2D eigenvalue weighted by Crippen LogP contribution is -2.55. The van der Waals surface area contributed by atoms with Crippen molar-refractivity contribution in [3.05, 3.63) is 52.0 Å². The van der Waals surface area contributed by atoms with Gasteiger partial charge in [-0.3, -0.25) is 14.4 Å². The van der Waals surface area contributed by atoms with Gasteiger partial charge in [0.1, 0.15) is 23.7 Å². The van der Waals surface area contributed by atoms with E-state index in [1.54, 1.807) is 6.92 Å². The normalized spacial score (nSPS) is 14.6. The Morgan fingerprint density at radius 3 is 2.24 bits per heavy atom. The van der Waals surface area contributed by atoms with Crippen LogP contribution in [0.5, 0.6) is 0 Å². The fraction of sp³-hybridized carbons (Fsp3) is 0.594. The molecule has 4 amide bonds. The number of aromatic nitrogens is 1. The summed E-state index contributed by atoms with van der Waals surface area (Å²) in [7, 11) is 0. The second-order valence-corrected chi connectivity index (χ2v) is 13.8. The molecule has 5 N–H and O–H groups in total. The monoisotopic (exact) mass is 663 g/mol. The highest BCUT2D eigenvalue weighted by atomic mass is 32.2. The van der Waals surface area contributed by atoms with Crippen molar-refractivity contribution in [2.45, 2.75) is 85.2 Å². The van der Waals surface area contributed by atoms with E-state index in [9.17, 15) is 24.3 Å². The predicted molar refractivity (Wildman–Crippen MR) is 179 cm³/mol. The number of nitrogens with zero attached hydrogens (tertiary/aromatic N) is 1. The number of aliphatic hydroxyl groups is 1. The van der Waals surface area contributed by atoms with Crippen LogP contribution in [0, 0.1) is 24.7 Å². The van der Waals surface area contributed by atoms with Crippen LogP contribution in [0.1, 0.15) is 57.3 Å². The number of carbonyl (C=O) groups is 4. The minimum atomic E-state index is -1.10. The summed E-state index contributed by atoms with van der Waals surface area (Å²) >= 11 is 2.76. The van der Waals surface area contributed by atoms with E-state index in [-0.39, 0.29) is 42.4 Å². The van der Waals surface area contributed by atoms with Gasteiger partial charge in [-0.2, -0.15) is 11.8 Å². The molecule has 0 aliphatic rings. The van der Waals surface area contributed by atoms with Crippen molar-refractivity contribution in [2.24, 2.45) is 17.8 Å². The Bertz CT molecular complexity index is 1230. The van der Waals surface area contributed by atoms with Crippen molar-refractivity contribution in [1.82, 2.24) is 26.3 Å². The van der Waals surface area contributed by atoms with Gasteiger partial charge in [0.15, 0.2) is 0 Å². The summed E-state index contributed by atoms with van der Waals surface area (Å²) in [4.78, 5) is 56.1. The van der Waals surface area contributed by atoms with Crippen molar-refractivity contribution in [2.75, 3.05) is 18.6 Å². The molecule has 2 rings (SSSR count). The molecule has 0 bridgehead atoms. The van der Waals surface area contributed by atoms with E-state index in [0.29, 0.717) is 18.0 Å². The summed E-state index contributed by atoms with van der Waals surface area (Å²) in [5.41, 5.74) is 1.72. The molecule has 0 aliphatic carbocycles. The van der Waals surface area contributed by atoms with Crippen molar-refractivity contribution in [3.8, 4) is 0 Å². The third kappa shape index (κ3) is 13.8. The third-order valence-electron chi connectivity index (χ3n) is 7.00. The minimum absolute atomic E-state index is 0.00963. The number of thioether (sulfide) groups is 1. The van der Waals surface area contributed by atoms with Crippen LogP contribution in [0.25, 0.3) is 0 Å². The molecule has 13 heteroatoms. The van der Waals surface area contributed by atoms with E-state index in [1.165, 1.54) is 23.1 Å². The smallest absolute Gasteiger partial charge is 0.408 e. The number of hydrogen-bond donors (Lipinski definition) is 5. The van der Waals surface area contributed by atoms with Crippen LogP contribution < -0.4 is 21.3 Å². The quantitative estimate of drug-likeness (QED) is 0.162. The molecule has 0 unspecified atom stereocenters. The molecule has 0 saturated carbocycles. The summed E-state index contributed by atoms with van der Waals surface area (Å²) in [6, 6.07) is 6.99. The minimum Gasteiger partial charge on any atom is -0.442 e.